The van der Waals surface area contributed by atoms with Crippen LogP contribution in [0.25, 0.3) is 0 Å². The molecule has 0 aromatic heterocycles. The zero-order valence-electron chi connectivity index (χ0n) is 12.4. The van der Waals surface area contributed by atoms with E-state index in [1.807, 2.05) is 12.1 Å². The van der Waals surface area contributed by atoms with Crippen molar-refractivity contribution in [3.63, 3.8) is 0 Å². The van der Waals surface area contributed by atoms with Gasteiger partial charge in [0.1, 0.15) is 5.75 Å². The minimum Gasteiger partial charge on any atom is -0.454 e. The smallest absolute Gasteiger partial charge is 0.387 e. The first-order chi connectivity index (χ1) is 11.1. The number of benzene rings is 2. The number of nitrogens with one attached hydrogen (secondary N) is 1. The predicted octanol–water partition coefficient (Wildman–Crippen LogP) is 4.38. The van der Waals surface area contributed by atoms with E-state index in [9.17, 15) is 8.78 Å². The summed E-state index contributed by atoms with van der Waals surface area (Å²) >= 11 is 6.12. The van der Waals surface area contributed by atoms with Crippen LogP contribution >= 0.6 is 24.0 Å². The van der Waals surface area contributed by atoms with E-state index in [-0.39, 0.29) is 24.9 Å². The van der Waals surface area contributed by atoms with Crippen LogP contribution in [0.3, 0.4) is 0 Å². The Hall–Kier alpha value is -1.76. The summed E-state index contributed by atoms with van der Waals surface area (Å²) in [5, 5.41) is 3.77. The molecule has 0 fully saturated rings. The predicted molar refractivity (Wildman–Crippen MR) is 88.4 cm³/mol. The average Bonchev–Trinajstić information content (AvgIpc) is 2.97. The zero-order valence-corrected chi connectivity index (χ0v) is 14.0. The Labute approximate surface area is 149 Å². The van der Waals surface area contributed by atoms with Crippen LogP contribution in [-0.4, -0.2) is 13.4 Å². The largest absolute Gasteiger partial charge is 0.454 e. The fourth-order valence-electron chi connectivity index (χ4n) is 2.26. The Bertz CT molecular complexity index is 684. The van der Waals surface area contributed by atoms with Crippen molar-refractivity contribution in [3.8, 4) is 17.2 Å². The first-order valence-corrected chi connectivity index (χ1v) is 7.32. The van der Waals surface area contributed by atoms with E-state index in [1.54, 1.807) is 12.1 Å². The first-order valence-electron chi connectivity index (χ1n) is 6.94. The number of hydrogen-bond donors (Lipinski definition) is 1. The highest BCUT2D eigenvalue weighted by Crippen LogP contribution is 2.39. The number of ether oxygens (including phenoxy) is 3. The van der Waals surface area contributed by atoms with Gasteiger partial charge in [-0.3, -0.25) is 0 Å². The molecule has 0 amide bonds. The van der Waals surface area contributed by atoms with Gasteiger partial charge < -0.3 is 19.5 Å². The molecule has 130 valence electrons. The monoisotopic (exact) mass is 377 g/mol. The zero-order chi connectivity index (χ0) is 16.2. The van der Waals surface area contributed by atoms with Crippen molar-refractivity contribution in [3.05, 3.63) is 52.5 Å². The lowest BCUT2D eigenvalue weighted by Gasteiger charge is -2.08. The third-order valence-electron chi connectivity index (χ3n) is 3.29. The Morgan fingerprint density at radius 1 is 1.08 bits per heavy atom. The molecule has 1 N–H and O–H groups in total. The van der Waals surface area contributed by atoms with Crippen molar-refractivity contribution in [1.82, 2.24) is 5.32 Å². The number of halogens is 4. The summed E-state index contributed by atoms with van der Waals surface area (Å²) < 4.78 is 39.0. The van der Waals surface area contributed by atoms with E-state index in [4.69, 9.17) is 21.1 Å². The van der Waals surface area contributed by atoms with Crippen LogP contribution in [0.1, 0.15) is 11.1 Å². The van der Waals surface area contributed by atoms with E-state index < -0.39 is 6.61 Å². The molecule has 8 heteroatoms. The van der Waals surface area contributed by atoms with Crippen molar-refractivity contribution in [2.75, 3.05) is 6.79 Å². The Morgan fingerprint density at radius 2 is 1.79 bits per heavy atom. The summed E-state index contributed by atoms with van der Waals surface area (Å²) in [5.74, 6) is 1.36. The van der Waals surface area contributed by atoms with Gasteiger partial charge >= 0.3 is 6.61 Å². The Morgan fingerprint density at radius 3 is 2.50 bits per heavy atom. The van der Waals surface area contributed by atoms with Crippen LogP contribution in [0.2, 0.25) is 5.02 Å². The SMILES string of the molecule is Cl.FC(F)Oc1ccc(CNCc2cc(Cl)c3c(c2)OCO3)cc1. The van der Waals surface area contributed by atoms with E-state index in [1.165, 1.54) is 12.1 Å². The number of alkyl halides is 2. The Balaban J connectivity index is 0.00000208. The van der Waals surface area contributed by atoms with E-state index in [0.717, 1.165) is 11.1 Å². The molecule has 3 rings (SSSR count). The summed E-state index contributed by atoms with van der Waals surface area (Å²) in [4.78, 5) is 0. The molecule has 1 aliphatic rings. The van der Waals surface area contributed by atoms with Gasteiger partial charge in [-0.05, 0) is 35.4 Å². The third-order valence-corrected chi connectivity index (χ3v) is 3.57. The van der Waals surface area contributed by atoms with Crippen molar-refractivity contribution in [2.45, 2.75) is 19.7 Å². The fourth-order valence-corrected chi connectivity index (χ4v) is 2.55. The minimum absolute atomic E-state index is 0. The van der Waals surface area contributed by atoms with Crippen LogP contribution < -0.4 is 19.5 Å². The summed E-state index contributed by atoms with van der Waals surface area (Å²) in [7, 11) is 0. The molecule has 0 saturated carbocycles. The average molecular weight is 378 g/mol. The van der Waals surface area contributed by atoms with Crippen molar-refractivity contribution >= 4 is 24.0 Å². The van der Waals surface area contributed by atoms with Crippen molar-refractivity contribution in [1.29, 1.82) is 0 Å². The van der Waals surface area contributed by atoms with E-state index >= 15 is 0 Å². The highest BCUT2D eigenvalue weighted by atomic mass is 35.5. The highest BCUT2D eigenvalue weighted by Gasteiger charge is 2.18. The standard InChI is InChI=1S/C16H14ClF2NO3.ClH/c17-13-5-11(6-14-15(13)22-9-21-14)8-20-7-10-1-3-12(4-2-10)23-16(18)19;/h1-6,16,20H,7-9H2;1H. The second kappa shape index (κ2) is 8.37. The molecule has 0 saturated heterocycles. The van der Waals surface area contributed by atoms with Crippen LogP contribution in [0.4, 0.5) is 8.78 Å². The molecule has 0 radical (unpaired) electrons. The van der Waals surface area contributed by atoms with Crippen LogP contribution in [0.15, 0.2) is 36.4 Å². The molecule has 0 spiro atoms. The second-order valence-electron chi connectivity index (χ2n) is 4.94. The first kappa shape index (κ1) is 18.6. The van der Waals surface area contributed by atoms with E-state index in [0.29, 0.717) is 29.6 Å². The lowest BCUT2D eigenvalue weighted by Crippen LogP contribution is -2.12. The van der Waals surface area contributed by atoms with Crippen molar-refractivity contribution in [2.24, 2.45) is 0 Å². The lowest BCUT2D eigenvalue weighted by molar-refractivity contribution is -0.0498. The summed E-state index contributed by atoms with van der Waals surface area (Å²) in [6, 6.07) is 10.2. The van der Waals surface area contributed by atoms with Gasteiger partial charge in [0.15, 0.2) is 11.5 Å². The molecule has 2 aromatic carbocycles. The molecule has 24 heavy (non-hydrogen) atoms. The maximum atomic E-state index is 12.1. The summed E-state index contributed by atoms with van der Waals surface area (Å²) in [5.41, 5.74) is 1.93. The van der Waals surface area contributed by atoms with Gasteiger partial charge in [-0.1, -0.05) is 23.7 Å². The molecule has 4 nitrogen and oxygen atoms in total. The van der Waals surface area contributed by atoms with Gasteiger partial charge in [0.25, 0.3) is 0 Å². The van der Waals surface area contributed by atoms with Gasteiger partial charge in [-0.25, -0.2) is 0 Å². The molecule has 2 aromatic rings. The van der Waals surface area contributed by atoms with Crippen LogP contribution in [0.5, 0.6) is 17.2 Å². The molecule has 0 bridgehead atoms. The number of hydrogen-bond acceptors (Lipinski definition) is 4. The molecular weight excluding hydrogens is 363 g/mol. The third kappa shape index (κ3) is 4.63. The Kier molecular flexibility index (Phi) is 6.48. The maximum absolute atomic E-state index is 12.1. The lowest BCUT2D eigenvalue weighted by atomic mass is 10.2. The molecular formula is C16H15Cl2F2NO3. The van der Waals surface area contributed by atoms with Gasteiger partial charge in [-0.2, -0.15) is 8.78 Å². The molecule has 0 aliphatic carbocycles. The van der Waals surface area contributed by atoms with Crippen LogP contribution in [-0.2, 0) is 13.1 Å². The van der Waals surface area contributed by atoms with Gasteiger partial charge in [-0.15, -0.1) is 12.4 Å². The molecule has 0 atom stereocenters. The minimum atomic E-state index is -2.81. The van der Waals surface area contributed by atoms with Gasteiger partial charge in [0.05, 0.1) is 5.02 Å². The second-order valence-corrected chi connectivity index (χ2v) is 5.34. The topological polar surface area (TPSA) is 39.7 Å². The highest BCUT2D eigenvalue weighted by molar-refractivity contribution is 6.32. The molecule has 0 unspecified atom stereocenters. The number of fused-ring (bicyclic) bond motifs is 1. The van der Waals surface area contributed by atoms with Gasteiger partial charge in [0.2, 0.25) is 6.79 Å². The molecule has 1 heterocycles. The quantitative estimate of drug-likeness (QED) is 0.810. The van der Waals surface area contributed by atoms with Crippen LogP contribution in [0, 0.1) is 0 Å². The fraction of sp³-hybridized carbons (Fsp3) is 0.250. The van der Waals surface area contributed by atoms with Gasteiger partial charge in [0, 0.05) is 13.1 Å². The summed E-state index contributed by atoms with van der Waals surface area (Å²) in [6.45, 7) is -1.46. The molecule has 1 aliphatic heterocycles. The normalized spacial score (nSPS) is 12.2. The summed E-state index contributed by atoms with van der Waals surface area (Å²) in [6.07, 6.45) is 0. The van der Waals surface area contributed by atoms with Crippen molar-refractivity contribution < 1.29 is 23.0 Å². The number of rotatable bonds is 6. The maximum Gasteiger partial charge on any atom is 0.387 e. The van der Waals surface area contributed by atoms with E-state index in [2.05, 4.69) is 10.1 Å².